The zero-order chi connectivity index (χ0) is 22.0. The number of unbranched alkanes of at least 4 members (excludes halogenated alkanes) is 18. The van der Waals surface area contributed by atoms with Crippen LogP contribution >= 0.6 is 0 Å². The van der Waals surface area contributed by atoms with Gasteiger partial charge in [0, 0.05) is 0 Å². The van der Waals surface area contributed by atoms with Gasteiger partial charge in [0.25, 0.3) is 0 Å². The normalized spacial score (nSPS) is 10.6. The molecule has 0 aliphatic carbocycles. The van der Waals surface area contributed by atoms with E-state index in [1.165, 1.54) is 140 Å². The Balaban J connectivity index is 0.000000612. The number of hydrogen-bond acceptors (Lipinski definition) is 0. The highest BCUT2D eigenvalue weighted by molar-refractivity contribution is 5.14. The molecule has 0 bridgehead atoms. The first-order valence-corrected chi connectivity index (χ1v) is 13.9. The molecule has 0 aliphatic rings. The summed E-state index contributed by atoms with van der Waals surface area (Å²) in [5.74, 6) is 0. The maximum atomic E-state index is 2.28. The van der Waals surface area contributed by atoms with Gasteiger partial charge in [0.2, 0.25) is 0 Å². The lowest BCUT2D eigenvalue weighted by Crippen LogP contribution is -1.86. The lowest BCUT2D eigenvalue weighted by molar-refractivity contribution is 0.556. The molecule has 0 unspecified atom stereocenters. The van der Waals surface area contributed by atoms with Gasteiger partial charge < -0.3 is 0 Å². The van der Waals surface area contributed by atoms with Crippen molar-refractivity contribution in [1.82, 2.24) is 0 Å². The fraction of sp³-hybridized carbons (Fsp3) is 0.800. The van der Waals surface area contributed by atoms with Crippen molar-refractivity contribution in [3.8, 4) is 0 Å². The van der Waals surface area contributed by atoms with Gasteiger partial charge in [-0.15, -0.1) is 0 Å². The minimum atomic E-state index is 1.26. The largest absolute Gasteiger partial charge is 0.0654 e. The molecule has 176 valence electrons. The smallest absolute Gasteiger partial charge is 0.0279 e. The SMILES string of the molecule is CCCCCCCCCCCC.CCCCCCCCCCCCc1ccccc1. The van der Waals surface area contributed by atoms with Crippen molar-refractivity contribution >= 4 is 0 Å². The van der Waals surface area contributed by atoms with E-state index in [0.29, 0.717) is 0 Å². The van der Waals surface area contributed by atoms with Gasteiger partial charge in [0.1, 0.15) is 0 Å². The summed E-state index contributed by atoms with van der Waals surface area (Å²) in [6.45, 7) is 6.84. The summed E-state index contributed by atoms with van der Waals surface area (Å²) >= 11 is 0. The van der Waals surface area contributed by atoms with Crippen LogP contribution in [0.2, 0.25) is 0 Å². The van der Waals surface area contributed by atoms with Crippen molar-refractivity contribution in [1.29, 1.82) is 0 Å². The summed E-state index contributed by atoms with van der Waals surface area (Å²) < 4.78 is 0. The van der Waals surface area contributed by atoms with Crippen molar-refractivity contribution < 1.29 is 0 Å². The standard InChI is InChI=1S/C18H30.C12H26/c1-2-3-4-5-6-7-8-9-10-12-15-18-16-13-11-14-17-18;1-3-5-7-9-11-12-10-8-6-4-2/h11,13-14,16-17H,2-10,12,15H2,1H3;3-12H2,1-2H3. The van der Waals surface area contributed by atoms with E-state index in [9.17, 15) is 0 Å². The van der Waals surface area contributed by atoms with Crippen LogP contribution in [0.5, 0.6) is 0 Å². The molecule has 1 aromatic carbocycles. The molecular weight excluding hydrogens is 360 g/mol. The average molecular weight is 417 g/mol. The number of aryl methyl sites for hydroxylation is 1. The summed E-state index contributed by atoms with van der Waals surface area (Å²) in [6.07, 6.45) is 30.0. The van der Waals surface area contributed by atoms with E-state index in [4.69, 9.17) is 0 Å². The summed E-state index contributed by atoms with van der Waals surface area (Å²) in [7, 11) is 0. The molecule has 0 heteroatoms. The van der Waals surface area contributed by atoms with Gasteiger partial charge in [-0.05, 0) is 18.4 Å². The lowest BCUT2D eigenvalue weighted by Gasteiger charge is -2.03. The molecule has 0 aromatic heterocycles. The van der Waals surface area contributed by atoms with Gasteiger partial charge in [-0.2, -0.15) is 0 Å². The Morgan fingerprint density at radius 3 is 1.00 bits per heavy atom. The highest BCUT2D eigenvalue weighted by Gasteiger charge is 1.94. The van der Waals surface area contributed by atoms with Gasteiger partial charge in [-0.1, -0.05) is 173 Å². The van der Waals surface area contributed by atoms with Crippen LogP contribution in [-0.2, 0) is 6.42 Å². The molecule has 0 fully saturated rings. The monoisotopic (exact) mass is 416 g/mol. The van der Waals surface area contributed by atoms with Gasteiger partial charge in [-0.25, -0.2) is 0 Å². The topological polar surface area (TPSA) is 0 Å². The highest BCUT2D eigenvalue weighted by atomic mass is 14.0. The average Bonchev–Trinajstić information content (AvgIpc) is 2.78. The molecule has 0 nitrogen and oxygen atoms in total. The fourth-order valence-corrected chi connectivity index (χ4v) is 4.02. The Kier molecular flexibility index (Phi) is 25.6. The van der Waals surface area contributed by atoms with E-state index >= 15 is 0 Å². The van der Waals surface area contributed by atoms with Crippen LogP contribution < -0.4 is 0 Å². The van der Waals surface area contributed by atoms with Crippen LogP contribution in [0, 0.1) is 0 Å². The molecule has 0 saturated heterocycles. The van der Waals surface area contributed by atoms with E-state index in [0.717, 1.165) is 0 Å². The Hall–Kier alpha value is -0.780. The second-order valence-electron chi connectivity index (χ2n) is 9.25. The van der Waals surface area contributed by atoms with Crippen LogP contribution in [0.1, 0.15) is 155 Å². The van der Waals surface area contributed by atoms with Gasteiger partial charge in [0.15, 0.2) is 0 Å². The number of rotatable bonds is 20. The van der Waals surface area contributed by atoms with E-state index in [-0.39, 0.29) is 0 Å². The van der Waals surface area contributed by atoms with Gasteiger partial charge in [0.05, 0.1) is 0 Å². The third-order valence-electron chi connectivity index (χ3n) is 6.12. The number of hydrogen-bond donors (Lipinski definition) is 0. The molecule has 0 radical (unpaired) electrons. The maximum absolute atomic E-state index is 2.28. The van der Waals surface area contributed by atoms with E-state index in [2.05, 4.69) is 51.1 Å². The quantitative estimate of drug-likeness (QED) is 0.185. The summed E-state index contributed by atoms with van der Waals surface area (Å²) in [5.41, 5.74) is 1.50. The molecule has 0 aliphatic heterocycles. The number of benzene rings is 1. The predicted octanol–water partition coefficient (Wildman–Crippen LogP) is 11.1. The van der Waals surface area contributed by atoms with Crippen LogP contribution in [0.4, 0.5) is 0 Å². The fourth-order valence-electron chi connectivity index (χ4n) is 4.02. The molecule has 0 spiro atoms. The minimum Gasteiger partial charge on any atom is -0.0654 e. The molecule has 0 atom stereocenters. The third kappa shape index (κ3) is 23.5. The van der Waals surface area contributed by atoms with E-state index in [1.807, 2.05) is 0 Å². The van der Waals surface area contributed by atoms with Crippen LogP contribution in [0.25, 0.3) is 0 Å². The zero-order valence-electron chi connectivity index (χ0n) is 21.2. The van der Waals surface area contributed by atoms with Crippen molar-refractivity contribution in [2.75, 3.05) is 0 Å². The second-order valence-corrected chi connectivity index (χ2v) is 9.25. The molecule has 0 heterocycles. The molecular formula is C30H56. The Morgan fingerprint density at radius 2 is 0.667 bits per heavy atom. The molecule has 0 saturated carbocycles. The van der Waals surface area contributed by atoms with E-state index < -0.39 is 0 Å². The van der Waals surface area contributed by atoms with Crippen molar-refractivity contribution in [3.05, 3.63) is 35.9 Å². The van der Waals surface area contributed by atoms with Crippen molar-refractivity contribution in [3.63, 3.8) is 0 Å². The van der Waals surface area contributed by atoms with E-state index in [1.54, 1.807) is 0 Å². The molecule has 30 heavy (non-hydrogen) atoms. The first-order valence-electron chi connectivity index (χ1n) is 13.9. The van der Waals surface area contributed by atoms with Crippen molar-refractivity contribution in [2.24, 2.45) is 0 Å². The molecule has 1 aromatic rings. The zero-order valence-corrected chi connectivity index (χ0v) is 21.2. The summed E-state index contributed by atoms with van der Waals surface area (Å²) in [6, 6.07) is 10.9. The highest BCUT2D eigenvalue weighted by Crippen LogP contribution is 2.12. The van der Waals surface area contributed by atoms with Crippen LogP contribution in [0.15, 0.2) is 30.3 Å². The van der Waals surface area contributed by atoms with Gasteiger partial charge in [-0.3, -0.25) is 0 Å². The first kappa shape index (κ1) is 29.2. The molecule has 0 amide bonds. The van der Waals surface area contributed by atoms with Crippen LogP contribution in [0.3, 0.4) is 0 Å². The van der Waals surface area contributed by atoms with Crippen LogP contribution in [-0.4, -0.2) is 0 Å². The van der Waals surface area contributed by atoms with Crippen molar-refractivity contribution in [2.45, 2.75) is 156 Å². The molecule has 1 rings (SSSR count). The Morgan fingerprint density at radius 1 is 0.367 bits per heavy atom. The Labute approximate surface area is 191 Å². The molecule has 0 N–H and O–H groups in total. The summed E-state index contributed by atoms with van der Waals surface area (Å²) in [4.78, 5) is 0. The third-order valence-corrected chi connectivity index (χ3v) is 6.12. The first-order chi connectivity index (χ1) is 14.8. The Bertz CT molecular complexity index is 384. The second kappa shape index (κ2) is 26.3. The minimum absolute atomic E-state index is 1.26. The maximum Gasteiger partial charge on any atom is -0.0279 e. The predicted molar refractivity (Wildman–Crippen MR) is 140 cm³/mol. The van der Waals surface area contributed by atoms with Gasteiger partial charge >= 0.3 is 0 Å². The summed E-state index contributed by atoms with van der Waals surface area (Å²) in [5, 5.41) is 0. The lowest BCUT2D eigenvalue weighted by atomic mass is 10.0.